The predicted octanol–water partition coefficient (Wildman–Crippen LogP) is 5.34. The summed E-state index contributed by atoms with van der Waals surface area (Å²) in [7, 11) is 0. The molecule has 0 bridgehead atoms. The molecule has 1 aliphatic rings. The second-order valence-corrected chi connectivity index (χ2v) is 9.21. The minimum atomic E-state index is -0.111. The number of carbonyl (C=O) groups is 1. The minimum absolute atomic E-state index is 0.0462. The molecular weight excluding hydrogens is 408 g/mol. The summed E-state index contributed by atoms with van der Waals surface area (Å²) in [6.07, 6.45) is 2.10. The van der Waals surface area contributed by atoms with Gasteiger partial charge in [-0.1, -0.05) is 47.7 Å². The monoisotopic (exact) mass is 430 g/mol. The van der Waals surface area contributed by atoms with Gasteiger partial charge in [0.05, 0.1) is 21.4 Å². The van der Waals surface area contributed by atoms with Gasteiger partial charge in [0.25, 0.3) is 5.91 Å². The highest BCUT2D eigenvalue weighted by molar-refractivity contribution is 7.99. The Hall–Kier alpha value is -3.19. The Morgan fingerprint density at radius 3 is 2.68 bits per heavy atom. The van der Waals surface area contributed by atoms with Crippen molar-refractivity contribution in [3.63, 3.8) is 0 Å². The zero-order chi connectivity index (χ0) is 21.4. The molecule has 31 heavy (non-hydrogen) atoms. The van der Waals surface area contributed by atoms with Gasteiger partial charge in [-0.3, -0.25) is 4.79 Å². The first-order chi connectivity index (χ1) is 15.1. The standard InChI is InChI=1S/C24H22N4O2S/c1-14-7-9-16(10-8-14)24-28-27-23(30-24)15(2)31-21-13-19(22(29)25-17-11-12-17)18-5-3-4-6-20(18)26-21/h3-10,13,15,17H,11-12H2,1-2H3,(H,25,29). The van der Waals surface area contributed by atoms with Gasteiger partial charge in [-0.05, 0) is 51.0 Å². The van der Waals surface area contributed by atoms with E-state index in [1.54, 1.807) is 0 Å². The van der Waals surface area contributed by atoms with E-state index in [-0.39, 0.29) is 11.2 Å². The molecule has 0 aliphatic heterocycles. The topological polar surface area (TPSA) is 80.9 Å². The van der Waals surface area contributed by atoms with Crippen molar-refractivity contribution >= 4 is 28.6 Å². The summed E-state index contributed by atoms with van der Waals surface area (Å²) in [4.78, 5) is 17.6. The molecule has 0 spiro atoms. The SMILES string of the molecule is Cc1ccc(-c2nnc(C(C)Sc3cc(C(=O)NC4CC4)c4ccccc4n3)o2)cc1. The molecule has 0 saturated heterocycles. The molecule has 0 radical (unpaired) electrons. The van der Waals surface area contributed by atoms with Crippen LogP contribution in [-0.2, 0) is 0 Å². The van der Waals surface area contributed by atoms with Gasteiger partial charge in [-0.15, -0.1) is 10.2 Å². The average molecular weight is 431 g/mol. The lowest BCUT2D eigenvalue weighted by Gasteiger charge is -2.11. The number of pyridine rings is 1. The lowest BCUT2D eigenvalue weighted by atomic mass is 10.1. The summed E-state index contributed by atoms with van der Waals surface area (Å²) in [6.45, 7) is 4.04. The second-order valence-electron chi connectivity index (χ2n) is 7.84. The highest BCUT2D eigenvalue weighted by Crippen LogP contribution is 2.36. The lowest BCUT2D eigenvalue weighted by molar-refractivity contribution is 0.0952. The van der Waals surface area contributed by atoms with E-state index < -0.39 is 0 Å². The first-order valence-corrected chi connectivity index (χ1v) is 11.2. The maximum atomic E-state index is 12.8. The number of hydrogen-bond donors (Lipinski definition) is 1. The molecule has 2 aromatic heterocycles. The summed E-state index contributed by atoms with van der Waals surface area (Å²) in [5, 5.41) is 13.0. The molecule has 1 N–H and O–H groups in total. The van der Waals surface area contributed by atoms with Gasteiger partial charge in [0.2, 0.25) is 11.8 Å². The van der Waals surface area contributed by atoms with Crippen LogP contribution in [0.5, 0.6) is 0 Å². The Bertz CT molecular complexity index is 1250. The van der Waals surface area contributed by atoms with Crippen LogP contribution >= 0.6 is 11.8 Å². The second kappa shape index (κ2) is 8.15. The maximum Gasteiger partial charge on any atom is 0.252 e. The highest BCUT2D eigenvalue weighted by Gasteiger charge is 2.25. The fourth-order valence-electron chi connectivity index (χ4n) is 3.33. The number of para-hydroxylation sites is 1. The van der Waals surface area contributed by atoms with Gasteiger partial charge in [-0.2, -0.15) is 0 Å². The molecule has 7 heteroatoms. The van der Waals surface area contributed by atoms with Crippen LogP contribution in [0.2, 0.25) is 0 Å². The van der Waals surface area contributed by atoms with Crippen molar-refractivity contribution < 1.29 is 9.21 Å². The summed E-state index contributed by atoms with van der Waals surface area (Å²) >= 11 is 1.50. The number of aromatic nitrogens is 3. The third kappa shape index (κ3) is 4.32. The van der Waals surface area contributed by atoms with Crippen LogP contribution in [-0.4, -0.2) is 27.1 Å². The normalized spacial score (nSPS) is 14.5. The summed E-state index contributed by atoms with van der Waals surface area (Å²) < 4.78 is 5.92. The van der Waals surface area contributed by atoms with E-state index in [4.69, 9.17) is 9.40 Å². The van der Waals surface area contributed by atoms with Crippen molar-refractivity contribution in [2.75, 3.05) is 0 Å². The molecule has 1 atom stereocenters. The summed E-state index contributed by atoms with van der Waals surface area (Å²) in [6, 6.07) is 17.9. The Labute approximate surface area is 184 Å². The predicted molar refractivity (Wildman–Crippen MR) is 121 cm³/mol. The smallest absolute Gasteiger partial charge is 0.252 e. The highest BCUT2D eigenvalue weighted by atomic mass is 32.2. The lowest BCUT2D eigenvalue weighted by Crippen LogP contribution is -2.25. The number of hydrogen-bond acceptors (Lipinski definition) is 6. The number of nitrogens with zero attached hydrogens (tertiary/aromatic N) is 3. The Morgan fingerprint density at radius 2 is 1.90 bits per heavy atom. The largest absolute Gasteiger partial charge is 0.419 e. The fraction of sp³-hybridized carbons (Fsp3) is 0.250. The van der Waals surface area contributed by atoms with Crippen molar-refractivity contribution in [1.29, 1.82) is 0 Å². The Balaban J connectivity index is 1.41. The molecule has 1 fully saturated rings. The van der Waals surface area contributed by atoms with Gasteiger partial charge in [0, 0.05) is 17.0 Å². The van der Waals surface area contributed by atoms with E-state index in [2.05, 4.69) is 15.5 Å². The van der Waals surface area contributed by atoms with Crippen molar-refractivity contribution in [3.8, 4) is 11.5 Å². The van der Waals surface area contributed by atoms with Crippen molar-refractivity contribution in [1.82, 2.24) is 20.5 Å². The zero-order valence-electron chi connectivity index (χ0n) is 17.3. The average Bonchev–Trinajstić information content (AvgIpc) is 3.45. The number of rotatable bonds is 6. The van der Waals surface area contributed by atoms with E-state index >= 15 is 0 Å². The first kappa shape index (κ1) is 19.8. The van der Waals surface area contributed by atoms with Gasteiger partial charge in [0.1, 0.15) is 0 Å². The molecule has 2 aromatic carbocycles. The number of thioether (sulfide) groups is 1. The van der Waals surface area contributed by atoms with E-state index in [1.807, 2.05) is 68.4 Å². The molecule has 1 saturated carbocycles. The molecular formula is C24H22N4O2S. The van der Waals surface area contributed by atoms with Crippen LogP contribution in [0.15, 0.2) is 64.0 Å². The van der Waals surface area contributed by atoms with Crippen molar-refractivity contribution in [2.24, 2.45) is 0 Å². The van der Waals surface area contributed by atoms with Crippen LogP contribution in [0, 0.1) is 6.92 Å². The van der Waals surface area contributed by atoms with Crippen LogP contribution in [0.3, 0.4) is 0 Å². The van der Waals surface area contributed by atoms with E-state index in [9.17, 15) is 4.79 Å². The third-order valence-electron chi connectivity index (χ3n) is 5.23. The maximum absolute atomic E-state index is 12.8. The summed E-state index contributed by atoms with van der Waals surface area (Å²) in [5.74, 6) is 0.980. The zero-order valence-corrected chi connectivity index (χ0v) is 18.1. The summed E-state index contributed by atoms with van der Waals surface area (Å²) in [5.41, 5.74) is 3.52. The molecule has 1 amide bonds. The molecule has 4 aromatic rings. The third-order valence-corrected chi connectivity index (χ3v) is 6.24. The van der Waals surface area contributed by atoms with Gasteiger partial charge in [-0.25, -0.2) is 4.98 Å². The van der Waals surface area contributed by atoms with E-state index in [0.717, 1.165) is 34.3 Å². The molecule has 2 heterocycles. The number of carbonyl (C=O) groups excluding carboxylic acids is 1. The number of amides is 1. The number of nitrogens with one attached hydrogen (secondary N) is 1. The van der Waals surface area contributed by atoms with Crippen molar-refractivity contribution in [2.45, 2.75) is 43.0 Å². The van der Waals surface area contributed by atoms with Gasteiger partial charge < -0.3 is 9.73 Å². The molecule has 5 rings (SSSR count). The van der Waals surface area contributed by atoms with Crippen LogP contribution in [0.4, 0.5) is 0 Å². The first-order valence-electron chi connectivity index (χ1n) is 10.3. The van der Waals surface area contributed by atoms with Gasteiger partial charge in [0.15, 0.2) is 0 Å². The number of benzene rings is 2. The molecule has 1 aliphatic carbocycles. The molecule has 1 unspecified atom stereocenters. The molecule has 156 valence electrons. The Morgan fingerprint density at radius 1 is 1.13 bits per heavy atom. The van der Waals surface area contributed by atoms with Gasteiger partial charge >= 0.3 is 0 Å². The van der Waals surface area contributed by atoms with Crippen LogP contribution < -0.4 is 5.32 Å². The Kier molecular flexibility index (Phi) is 5.19. The fourth-order valence-corrected chi connectivity index (χ4v) is 4.23. The van der Waals surface area contributed by atoms with Crippen LogP contribution in [0.1, 0.15) is 46.8 Å². The van der Waals surface area contributed by atoms with E-state index in [1.165, 1.54) is 17.3 Å². The minimum Gasteiger partial charge on any atom is -0.419 e. The van der Waals surface area contributed by atoms with Crippen LogP contribution in [0.25, 0.3) is 22.4 Å². The van der Waals surface area contributed by atoms with Crippen molar-refractivity contribution in [3.05, 3.63) is 71.6 Å². The number of fused-ring (bicyclic) bond motifs is 1. The van der Waals surface area contributed by atoms with E-state index in [0.29, 0.717) is 23.4 Å². The number of aryl methyl sites for hydroxylation is 1. The quantitative estimate of drug-likeness (QED) is 0.416. The molecule has 6 nitrogen and oxygen atoms in total.